The van der Waals surface area contributed by atoms with Gasteiger partial charge in [-0.2, -0.15) is 5.10 Å². The molecule has 4 nitrogen and oxygen atoms in total. The smallest absolute Gasteiger partial charge is 0.272 e. The molecular formula is C14H14ClN3O. The van der Waals surface area contributed by atoms with E-state index in [1.54, 1.807) is 10.7 Å². The minimum Gasteiger partial charge on any atom is -0.348 e. The standard InChI is InChI=1S/C14H14ClN3O/c1-9-7-13(14(19)16-11-5-6-11)17-18(9)12-4-2-3-10(15)8-12/h2-4,7-8,11H,5-6H2,1H3,(H,16,19). The highest BCUT2D eigenvalue weighted by Crippen LogP contribution is 2.20. The van der Waals surface area contributed by atoms with Gasteiger partial charge in [-0.1, -0.05) is 17.7 Å². The van der Waals surface area contributed by atoms with Gasteiger partial charge >= 0.3 is 0 Å². The SMILES string of the molecule is Cc1cc(C(=O)NC2CC2)nn1-c1cccc(Cl)c1. The van der Waals surface area contributed by atoms with Crippen LogP contribution in [0.4, 0.5) is 0 Å². The molecule has 1 amide bonds. The van der Waals surface area contributed by atoms with Crippen LogP contribution in [-0.2, 0) is 0 Å². The van der Waals surface area contributed by atoms with Gasteiger partial charge < -0.3 is 5.32 Å². The van der Waals surface area contributed by atoms with Crippen LogP contribution in [0.15, 0.2) is 30.3 Å². The van der Waals surface area contributed by atoms with E-state index in [1.165, 1.54) is 0 Å². The zero-order valence-corrected chi connectivity index (χ0v) is 11.3. The summed E-state index contributed by atoms with van der Waals surface area (Å²) in [6.45, 7) is 1.92. The first-order chi connectivity index (χ1) is 9.13. The molecule has 0 bridgehead atoms. The van der Waals surface area contributed by atoms with Gasteiger partial charge in [-0.25, -0.2) is 4.68 Å². The monoisotopic (exact) mass is 275 g/mol. The van der Waals surface area contributed by atoms with Crippen LogP contribution in [0.2, 0.25) is 5.02 Å². The molecule has 1 fully saturated rings. The summed E-state index contributed by atoms with van der Waals surface area (Å²) in [7, 11) is 0. The summed E-state index contributed by atoms with van der Waals surface area (Å²) in [6.07, 6.45) is 2.14. The zero-order valence-electron chi connectivity index (χ0n) is 10.6. The molecule has 0 saturated heterocycles. The number of aryl methyl sites for hydroxylation is 1. The van der Waals surface area contributed by atoms with Gasteiger partial charge in [0, 0.05) is 16.8 Å². The largest absolute Gasteiger partial charge is 0.348 e. The van der Waals surface area contributed by atoms with Crippen LogP contribution in [0.3, 0.4) is 0 Å². The van der Waals surface area contributed by atoms with Crippen molar-refractivity contribution < 1.29 is 4.79 Å². The first-order valence-corrected chi connectivity index (χ1v) is 6.65. The summed E-state index contributed by atoms with van der Waals surface area (Å²) < 4.78 is 1.73. The second-order valence-electron chi connectivity index (χ2n) is 4.81. The maximum absolute atomic E-state index is 11.9. The molecule has 1 heterocycles. The number of halogens is 1. The molecule has 98 valence electrons. The number of amides is 1. The second kappa shape index (κ2) is 4.70. The zero-order chi connectivity index (χ0) is 13.4. The summed E-state index contributed by atoms with van der Waals surface area (Å²) >= 11 is 5.97. The normalized spacial score (nSPS) is 14.4. The first kappa shape index (κ1) is 12.2. The number of carbonyl (C=O) groups is 1. The van der Waals surface area contributed by atoms with E-state index < -0.39 is 0 Å². The molecule has 0 spiro atoms. The summed E-state index contributed by atoms with van der Waals surface area (Å²) in [5.41, 5.74) is 2.21. The van der Waals surface area contributed by atoms with E-state index in [9.17, 15) is 4.79 Å². The van der Waals surface area contributed by atoms with Crippen molar-refractivity contribution in [3.05, 3.63) is 46.7 Å². The van der Waals surface area contributed by atoms with Crippen molar-refractivity contribution >= 4 is 17.5 Å². The van der Waals surface area contributed by atoms with Crippen molar-refractivity contribution in [2.24, 2.45) is 0 Å². The first-order valence-electron chi connectivity index (χ1n) is 6.27. The van der Waals surface area contributed by atoms with Gasteiger partial charge in [0.05, 0.1) is 5.69 Å². The molecule has 1 saturated carbocycles. The molecule has 2 aromatic rings. The molecule has 1 aromatic carbocycles. The number of nitrogens with one attached hydrogen (secondary N) is 1. The lowest BCUT2D eigenvalue weighted by atomic mass is 10.3. The molecule has 5 heteroatoms. The molecule has 1 aliphatic carbocycles. The van der Waals surface area contributed by atoms with Gasteiger partial charge in [-0.15, -0.1) is 0 Å². The summed E-state index contributed by atoms with van der Waals surface area (Å²) in [4.78, 5) is 11.9. The highest BCUT2D eigenvalue weighted by atomic mass is 35.5. The predicted octanol–water partition coefficient (Wildman–Crippen LogP) is 2.73. The third kappa shape index (κ3) is 2.63. The molecular weight excluding hydrogens is 262 g/mol. The molecule has 3 rings (SSSR count). The fourth-order valence-electron chi connectivity index (χ4n) is 1.94. The molecule has 1 aromatic heterocycles. The molecule has 0 atom stereocenters. The van der Waals surface area contributed by atoms with Crippen LogP contribution >= 0.6 is 11.6 Å². The summed E-state index contributed by atoms with van der Waals surface area (Å²) in [5.74, 6) is -0.105. The van der Waals surface area contributed by atoms with E-state index in [4.69, 9.17) is 11.6 Å². The molecule has 0 aliphatic heterocycles. The van der Waals surface area contributed by atoms with E-state index >= 15 is 0 Å². The van der Waals surface area contributed by atoms with Gasteiger partial charge in [-0.05, 0) is 44.0 Å². The Morgan fingerprint density at radius 1 is 1.42 bits per heavy atom. The van der Waals surface area contributed by atoms with Crippen molar-refractivity contribution in [1.82, 2.24) is 15.1 Å². The van der Waals surface area contributed by atoms with Crippen molar-refractivity contribution in [3.8, 4) is 5.69 Å². The topological polar surface area (TPSA) is 46.9 Å². The van der Waals surface area contributed by atoms with Crippen molar-refractivity contribution in [2.45, 2.75) is 25.8 Å². The predicted molar refractivity (Wildman–Crippen MR) is 73.8 cm³/mol. The average molecular weight is 276 g/mol. The fourth-order valence-corrected chi connectivity index (χ4v) is 2.13. The third-order valence-electron chi connectivity index (χ3n) is 3.09. The van der Waals surface area contributed by atoms with Gasteiger partial charge in [0.25, 0.3) is 5.91 Å². The lowest BCUT2D eigenvalue weighted by Crippen LogP contribution is -2.25. The van der Waals surface area contributed by atoms with E-state index in [0.717, 1.165) is 24.2 Å². The second-order valence-corrected chi connectivity index (χ2v) is 5.25. The number of benzene rings is 1. The van der Waals surface area contributed by atoms with Crippen molar-refractivity contribution in [1.29, 1.82) is 0 Å². The van der Waals surface area contributed by atoms with Crippen LogP contribution in [0.5, 0.6) is 0 Å². The minimum absolute atomic E-state index is 0.105. The van der Waals surface area contributed by atoms with Crippen LogP contribution < -0.4 is 5.32 Å². The third-order valence-corrected chi connectivity index (χ3v) is 3.32. The molecule has 0 unspecified atom stereocenters. The number of hydrogen-bond acceptors (Lipinski definition) is 2. The Morgan fingerprint density at radius 3 is 2.89 bits per heavy atom. The molecule has 1 aliphatic rings. The number of rotatable bonds is 3. The van der Waals surface area contributed by atoms with Crippen LogP contribution in [0, 0.1) is 6.92 Å². The summed E-state index contributed by atoms with van der Waals surface area (Å²) in [5, 5.41) is 7.93. The Hall–Kier alpha value is -1.81. The molecule has 0 radical (unpaired) electrons. The average Bonchev–Trinajstić information content (AvgIpc) is 3.09. The lowest BCUT2D eigenvalue weighted by Gasteiger charge is -2.04. The van der Waals surface area contributed by atoms with Crippen LogP contribution in [0.25, 0.3) is 5.69 Å². The Bertz CT molecular complexity index is 631. The number of nitrogens with zero attached hydrogens (tertiary/aromatic N) is 2. The summed E-state index contributed by atoms with van der Waals surface area (Å²) in [6, 6.07) is 9.54. The van der Waals surface area contributed by atoms with Gasteiger partial charge in [0.1, 0.15) is 0 Å². The van der Waals surface area contributed by atoms with Gasteiger partial charge in [0.2, 0.25) is 0 Å². The Morgan fingerprint density at radius 2 is 2.21 bits per heavy atom. The maximum Gasteiger partial charge on any atom is 0.272 e. The number of carbonyl (C=O) groups excluding carboxylic acids is 1. The molecule has 1 N–H and O–H groups in total. The molecule has 19 heavy (non-hydrogen) atoms. The van der Waals surface area contributed by atoms with E-state index in [-0.39, 0.29) is 5.91 Å². The van der Waals surface area contributed by atoms with E-state index in [1.807, 2.05) is 31.2 Å². The number of hydrogen-bond donors (Lipinski definition) is 1. The Kier molecular flexibility index (Phi) is 3.03. The van der Waals surface area contributed by atoms with Gasteiger partial charge in [-0.3, -0.25) is 4.79 Å². The fraction of sp³-hybridized carbons (Fsp3) is 0.286. The highest BCUT2D eigenvalue weighted by Gasteiger charge is 2.25. The van der Waals surface area contributed by atoms with Crippen LogP contribution in [-0.4, -0.2) is 21.7 Å². The Labute approximate surface area is 116 Å². The lowest BCUT2D eigenvalue weighted by molar-refractivity contribution is 0.0945. The number of aromatic nitrogens is 2. The van der Waals surface area contributed by atoms with Crippen molar-refractivity contribution in [3.63, 3.8) is 0 Å². The quantitative estimate of drug-likeness (QED) is 0.936. The van der Waals surface area contributed by atoms with Crippen molar-refractivity contribution in [2.75, 3.05) is 0 Å². The van der Waals surface area contributed by atoms with E-state index in [0.29, 0.717) is 16.8 Å². The minimum atomic E-state index is -0.105. The van der Waals surface area contributed by atoms with E-state index in [2.05, 4.69) is 10.4 Å². The van der Waals surface area contributed by atoms with Gasteiger partial charge in [0.15, 0.2) is 5.69 Å². The van der Waals surface area contributed by atoms with Crippen LogP contribution in [0.1, 0.15) is 29.0 Å². The maximum atomic E-state index is 11.9. The Balaban J connectivity index is 1.90. The highest BCUT2D eigenvalue weighted by molar-refractivity contribution is 6.30.